The number of rotatable bonds is 3. The predicted molar refractivity (Wildman–Crippen MR) is 86.0 cm³/mol. The molecule has 0 spiro atoms. The molecule has 0 fully saturated rings. The van der Waals surface area contributed by atoms with E-state index in [2.05, 4.69) is 10.6 Å². The number of benzene rings is 2. The first-order chi connectivity index (χ1) is 10.3. The van der Waals surface area contributed by atoms with Crippen molar-refractivity contribution in [1.82, 2.24) is 5.32 Å². The van der Waals surface area contributed by atoms with Gasteiger partial charge in [-0.05, 0) is 54.2 Å². The molecule has 0 saturated carbocycles. The Hall–Kier alpha value is -1.79. The first kappa shape index (κ1) is 16.6. The maximum atomic E-state index is 12.5. The zero-order chi connectivity index (χ0) is 16.2. The molecule has 2 N–H and O–H groups in total. The standard InChI is InChI=1S/C15H12ClF3N2S/c16-12-5-1-10(2-6-12)9-20-14(22)21-13-7-3-11(4-8-13)15(17,18)19/h1-8H,9H2,(H2,20,21,22). The molecule has 2 aromatic carbocycles. The maximum absolute atomic E-state index is 12.5. The third-order valence-corrected chi connectivity index (χ3v) is 3.33. The Bertz CT molecular complexity index is 639. The zero-order valence-corrected chi connectivity index (χ0v) is 12.8. The molecule has 2 aromatic rings. The van der Waals surface area contributed by atoms with Gasteiger partial charge in [-0.15, -0.1) is 0 Å². The van der Waals surface area contributed by atoms with Gasteiger partial charge in [-0.1, -0.05) is 23.7 Å². The Morgan fingerprint density at radius 1 is 1.00 bits per heavy atom. The molecule has 116 valence electrons. The summed E-state index contributed by atoms with van der Waals surface area (Å²) in [4.78, 5) is 0. The van der Waals surface area contributed by atoms with Crippen LogP contribution in [0.15, 0.2) is 48.5 Å². The quantitative estimate of drug-likeness (QED) is 0.779. The molecule has 2 rings (SSSR count). The molecule has 0 radical (unpaired) electrons. The lowest BCUT2D eigenvalue weighted by molar-refractivity contribution is -0.137. The van der Waals surface area contributed by atoms with E-state index in [9.17, 15) is 13.2 Å². The second kappa shape index (κ2) is 6.98. The van der Waals surface area contributed by atoms with Crippen molar-refractivity contribution in [3.63, 3.8) is 0 Å². The Morgan fingerprint density at radius 2 is 1.59 bits per heavy atom. The number of anilines is 1. The summed E-state index contributed by atoms with van der Waals surface area (Å²) in [6.07, 6.45) is -4.34. The monoisotopic (exact) mass is 344 g/mol. The summed E-state index contributed by atoms with van der Waals surface area (Å²) in [6.45, 7) is 0.490. The van der Waals surface area contributed by atoms with Gasteiger partial charge in [0.15, 0.2) is 5.11 Å². The van der Waals surface area contributed by atoms with Gasteiger partial charge in [0.25, 0.3) is 0 Å². The minimum Gasteiger partial charge on any atom is -0.358 e. The summed E-state index contributed by atoms with van der Waals surface area (Å²) in [7, 11) is 0. The van der Waals surface area contributed by atoms with E-state index in [4.69, 9.17) is 23.8 Å². The lowest BCUT2D eigenvalue weighted by Gasteiger charge is -2.12. The first-order valence-corrected chi connectivity index (χ1v) is 7.10. The lowest BCUT2D eigenvalue weighted by Crippen LogP contribution is -2.27. The molecular formula is C15H12ClF3N2S. The largest absolute Gasteiger partial charge is 0.416 e. The second-order valence-electron chi connectivity index (χ2n) is 4.51. The molecule has 0 heterocycles. The molecule has 2 nitrogen and oxygen atoms in total. The van der Waals surface area contributed by atoms with Crippen LogP contribution in [-0.2, 0) is 12.7 Å². The van der Waals surface area contributed by atoms with Crippen LogP contribution < -0.4 is 10.6 Å². The number of nitrogens with one attached hydrogen (secondary N) is 2. The van der Waals surface area contributed by atoms with Crippen molar-refractivity contribution in [2.45, 2.75) is 12.7 Å². The van der Waals surface area contributed by atoms with E-state index >= 15 is 0 Å². The highest BCUT2D eigenvalue weighted by atomic mass is 35.5. The minimum atomic E-state index is -4.34. The predicted octanol–water partition coefficient (Wildman–Crippen LogP) is 4.85. The van der Waals surface area contributed by atoms with Crippen LogP contribution in [0.2, 0.25) is 5.02 Å². The third kappa shape index (κ3) is 4.89. The average molecular weight is 345 g/mol. The average Bonchev–Trinajstić information content (AvgIpc) is 2.46. The van der Waals surface area contributed by atoms with Crippen LogP contribution in [0.25, 0.3) is 0 Å². The van der Waals surface area contributed by atoms with E-state index < -0.39 is 11.7 Å². The topological polar surface area (TPSA) is 24.1 Å². The molecule has 0 aliphatic heterocycles. The van der Waals surface area contributed by atoms with Gasteiger partial charge in [-0.2, -0.15) is 13.2 Å². The van der Waals surface area contributed by atoms with Crippen molar-refractivity contribution >= 4 is 34.6 Å². The van der Waals surface area contributed by atoms with E-state index in [0.29, 0.717) is 22.4 Å². The van der Waals surface area contributed by atoms with Gasteiger partial charge in [-0.25, -0.2) is 0 Å². The molecule has 0 saturated heterocycles. The molecule has 0 aromatic heterocycles. The fourth-order valence-corrected chi connectivity index (χ4v) is 2.02. The summed E-state index contributed by atoms with van der Waals surface area (Å²) < 4.78 is 37.4. The van der Waals surface area contributed by atoms with Gasteiger partial charge < -0.3 is 10.6 Å². The van der Waals surface area contributed by atoms with Gasteiger partial charge in [0, 0.05) is 17.3 Å². The molecule has 0 unspecified atom stereocenters. The smallest absolute Gasteiger partial charge is 0.358 e. The highest BCUT2D eigenvalue weighted by molar-refractivity contribution is 7.80. The molecule has 0 aliphatic carbocycles. The SMILES string of the molecule is FC(F)(F)c1ccc(NC(=S)NCc2ccc(Cl)cc2)cc1. The fraction of sp³-hybridized carbons (Fsp3) is 0.133. The summed E-state index contributed by atoms with van der Waals surface area (Å²) in [6, 6.07) is 11.9. The molecule has 22 heavy (non-hydrogen) atoms. The highest BCUT2D eigenvalue weighted by Gasteiger charge is 2.29. The van der Waals surface area contributed by atoms with Gasteiger partial charge >= 0.3 is 6.18 Å². The van der Waals surface area contributed by atoms with Crippen LogP contribution in [0, 0.1) is 0 Å². The van der Waals surface area contributed by atoms with Crippen molar-refractivity contribution < 1.29 is 13.2 Å². The van der Waals surface area contributed by atoms with E-state index in [1.807, 2.05) is 12.1 Å². The number of hydrogen-bond acceptors (Lipinski definition) is 1. The molecule has 0 atom stereocenters. The molecular weight excluding hydrogens is 333 g/mol. The van der Waals surface area contributed by atoms with Crippen molar-refractivity contribution in [2.75, 3.05) is 5.32 Å². The van der Waals surface area contributed by atoms with Crippen molar-refractivity contribution in [3.05, 3.63) is 64.7 Å². The summed E-state index contributed by atoms with van der Waals surface area (Å²) in [5, 5.41) is 6.77. The van der Waals surface area contributed by atoms with Crippen molar-refractivity contribution in [2.24, 2.45) is 0 Å². The van der Waals surface area contributed by atoms with Crippen LogP contribution >= 0.6 is 23.8 Å². The normalized spacial score (nSPS) is 11.1. The first-order valence-electron chi connectivity index (χ1n) is 6.31. The number of alkyl halides is 3. The Kier molecular flexibility index (Phi) is 5.26. The highest BCUT2D eigenvalue weighted by Crippen LogP contribution is 2.29. The van der Waals surface area contributed by atoms with E-state index in [1.165, 1.54) is 12.1 Å². The Balaban J connectivity index is 1.88. The lowest BCUT2D eigenvalue weighted by atomic mass is 10.2. The van der Waals surface area contributed by atoms with Crippen molar-refractivity contribution in [3.8, 4) is 0 Å². The summed E-state index contributed by atoms with van der Waals surface area (Å²) in [5.74, 6) is 0. The van der Waals surface area contributed by atoms with Crippen LogP contribution in [-0.4, -0.2) is 5.11 Å². The summed E-state index contributed by atoms with van der Waals surface area (Å²) in [5.41, 5.74) is 0.778. The minimum absolute atomic E-state index is 0.328. The molecule has 0 bridgehead atoms. The second-order valence-corrected chi connectivity index (χ2v) is 5.35. The van der Waals surface area contributed by atoms with Crippen LogP contribution in [0.3, 0.4) is 0 Å². The van der Waals surface area contributed by atoms with Gasteiger partial charge in [0.1, 0.15) is 0 Å². The van der Waals surface area contributed by atoms with Crippen LogP contribution in [0.1, 0.15) is 11.1 Å². The number of halogens is 4. The Morgan fingerprint density at radius 3 is 2.14 bits per heavy atom. The van der Waals surface area contributed by atoms with E-state index in [0.717, 1.165) is 17.7 Å². The van der Waals surface area contributed by atoms with Crippen LogP contribution in [0.4, 0.5) is 18.9 Å². The number of thiocarbonyl (C=S) groups is 1. The van der Waals surface area contributed by atoms with Crippen LogP contribution in [0.5, 0.6) is 0 Å². The number of hydrogen-bond donors (Lipinski definition) is 2. The Labute approximate surface area is 136 Å². The summed E-state index contributed by atoms with van der Waals surface area (Å²) >= 11 is 10.9. The molecule has 0 amide bonds. The van der Waals surface area contributed by atoms with E-state index in [-0.39, 0.29) is 0 Å². The zero-order valence-electron chi connectivity index (χ0n) is 11.2. The van der Waals surface area contributed by atoms with Crippen molar-refractivity contribution in [1.29, 1.82) is 0 Å². The third-order valence-electron chi connectivity index (χ3n) is 2.84. The van der Waals surface area contributed by atoms with Gasteiger partial charge in [0.05, 0.1) is 5.56 Å². The van der Waals surface area contributed by atoms with Gasteiger partial charge in [-0.3, -0.25) is 0 Å². The maximum Gasteiger partial charge on any atom is 0.416 e. The van der Waals surface area contributed by atoms with E-state index in [1.54, 1.807) is 12.1 Å². The van der Waals surface area contributed by atoms with Gasteiger partial charge in [0.2, 0.25) is 0 Å². The molecule has 7 heteroatoms. The molecule has 0 aliphatic rings. The fourth-order valence-electron chi connectivity index (χ4n) is 1.70.